The van der Waals surface area contributed by atoms with Crippen LogP contribution in [-0.2, 0) is 9.53 Å². The molecule has 0 aliphatic carbocycles. The van der Waals surface area contributed by atoms with Crippen molar-refractivity contribution in [3.63, 3.8) is 0 Å². The number of hydrogen-bond acceptors (Lipinski definition) is 4. The van der Waals surface area contributed by atoms with Gasteiger partial charge in [0.1, 0.15) is 0 Å². The van der Waals surface area contributed by atoms with Crippen LogP contribution in [0.15, 0.2) is 12.1 Å². The number of ether oxygens (including phenoxy) is 1. The molecule has 2 saturated heterocycles. The van der Waals surface area contributed by atoms with E-state index >= 15 is 0 Å². The second-order valence-corrected chi connectivity index (χ2v) is 5.97. The van der Waals surface area contributed by atoms with Crippen LogP contribution in [0.3, 0.4) is 0 Å². The quantitative estimate of drug-likeness (QED) is 0.889. The Labute approximate surface area is 118 Å². The molecule has 0 bridgehead atoms. The van der Waals surface area contributed by atoms with Crippen LogP contribution in [0.4, 0.5) is 5.69 Å². The third kappa shape index (κ3) is 2.06. The summed E-state index contributed by atoms with van der Waals surface area (Å²) in [5, 5.41) is 9.68. The van der Waals surface area contributed by atoms with Crippen molar-refractivity contribution in [3.05, 3.63) is 23.5 Å². The number of hydrogen-bond donors (Lipinski definition) is 1. The summed E-state index contributed by atoms with van der Waals surface area (Å²) in [6.45, 7) is 6.34. The fourth-order valence-electron chi connectivity index (χ4n) is 3.49. The smallest absolute Gasteiger partial charge is 0.311 e. The number of aromatic nitrogens is 1. The van der Waals surface area contributed by atoms with Crippen molar-refractivity contribution in [3.8, 4) is 0 Å². The molecule has 3 rings (SSSR count). The van der Waals surface area contributed by atoms with Crippen molar-refractivity contribution < 1.29 is 14.6 Å². The molecular weight excluding hydrogens is 256 g/mol. The van der Waals surface area contributed by atoms with Crippen molar-refractivity contribution in [1.82, 2.24) is 4.98 Å². The van der Waals surface area contributed by atoms with Gasteiger partial charge in [0.25, 0.3) is 0 Å². The molecule has 20 heavy (non-hydrogen) atoms. The molecule has 0 unspecified atom stereocenters. The van der Waals surface area contributed by atoms with Crippen LogP contribution in [0.25, 0.3) is 0 Å². The highest BCUT2D eigenvalue weighted by Crippen LogP contribution is 2.44. The summed E-state index contributed by atoms with van der Waals surface area (Å²) in [5.41, 5.74) is 2.36. The van der Waals surface area contributed by atoms with Crippen molar-refractivity contribution in [2.45, 2.75) is 20.3 Å². The van der Waals surface area contributed by atoms with E-state index in [4.69, 9.17) is 4.74 Å². The van der Waals surface area contributed by atoms with Crippen LogP contribution in [0.1, 0.15) is 17.8 Å². The van der Waals surface area contributed by atoms with Gasteiger partial charge in [0.05, 0.1) is 12.0 Å². The number of fused-ring (bicyclic) bond motifs is 1. The van der Waals surface area contributed by atoms with Gasteiger partial charge < -0.3 is 14.7 Å². The summed E-state index contributed by atoms with van der Waals surface area (Å²) in [5.74, 6) is -0.613. The fourth-order valence-corrected chi connectivity index (χ4v) is 3.49. The Bertz CT molecular complexity index is 526. The lowest BCUT2D eigenvalue weighted by atomic mass is 9.74. The molecule has 0 saturated carbocycles. The predicted molar refractivity (Wildman–Crippen MR) is 74.9 cm³/mol. The van der Waals surface area contributed by atoms with Gasteiger partial charge in [0, 0.05) is 42.7 Å². The second kappa shape index (κ2) is 4.74. The van der Waals surface area contributed by atoms with E-state index in [1.165, 1.54) is 0 Å². The first-order chi connectivity index (χ1) is 9.51. The zero-order valence-electron chi connectivity index (χ0n) is 11.9. The number of carboxylic acid groups (broad SMARTS) is 1. The van der Waals surface area contributed by atoms with Gasteiger partial charge in [-0.2, -0.15) is 0 Å². The van der Waals surface area contributed by atoms with Crippen molar-refractivity contribution in [2.24, 2.45) is 11.3 Å². The Morgan fingerprint density at radius 1 is 1.45 bits per heavy atom. The zero-order chi connectivity index (χ0) is 14.3. The highest BCUT2D eigenvalue weighted by molar-refractivity contribution is 5.77. The number of rotatable bonds is 2. The summed E-state index contributed by atoms with van der Waals surface area (Å²) in [7, 11) is 0. The molecule has 3 heterocycles. The summed E-state index contributed by atoms with van der Waals surface area (Å²) >= 11 is 0. The van der Waals surface area contributed by atoms with Crippen LogP contribution in [-0.4, -0.2) is 42.4 Å². The van der Waals surface area contributed by atoms with E-state index < -0.39 is 11.4 Å². The normalized spacial score (nSPS) is 29.3. The van der Waals surface area contributed by atoms with E-state index in [0.717, 1.165) is 23.6 Å². The topological polar surface area (TPSA) is 62.7 Å². The fraction of sp³-hybridized carbons (Fsp3) is 0.600. The summed E-state index contributed by atoms with van der Waals surface area (Å²) in [6.07, 6.45) is 0.604. The molecule has 1 aromatic heterocycles. The maximum Gasteiger partial charge on any atom is 0.311 e. The van der Waals surface area contributed by atoms with Gasteiger partial charge in [-0.25, -0.2) is 0 Å². The lowest BCUT2D eigenvalue weighted by Gasteiger charge is -2.34. The van der Waals surface area contributed by atoms with E-state index in [0.29, 0.717) is 26.2 Å². The maximum atomic E-state index is 11.8. The standard InChI is InChI=1S/C15H20N2O3/c1-10-5-13(6-11(2)16-10)17-7-12-8-20-4-3-15(12,9-17)14(18)19/h5-6,12H,3-4,7-9H2,1-2H3,(H,18,19)/t12-,15+/m1/s1. The molecule has 0 radical (unpaired) electrons. The Balaban J connectivity index is 1.92. The second-order valence-electron chi connectivity index (χ2n) is 5.97. The molecule has 108 valence electrons. The van der Waals surface area contributed by atoms with Crippen LogP contribution >= 0.6 is 0 Å². The van der Waals surface area contributed by atoms with Crippen molar-refractivity contribution >= 4 is 11.7 Å². The molecule has 0 spiro atoms. The molecule has 1 aromatic rings. The average molecular weight is 276 g/mol. The highest BCUT2D eigenvalue weighted by Gasteiger charge is 2.53. The minimum absolute atomic E-state index is 0.0718. The van der Waals surface area contributed by atoms with E-state index in [1.807, 2.05) is 26.0 Å². The number of carbonyl (C=O) groups is 1. The number of anilines is 1. The lowest BCUT2D eigenvalue weighted by molar-refractivity contribution is -0.157. The van der Waals surface area contributed by atoms with E-state index in [1.54, 1.807) is 0 Å². The van der Waals surface area contributed by atoms with E-state index in [9.17, 15) is 9.90 Å². The Hall–Kier alpha value is -1.62. The molecule has 0 amide bonds. The predicted octanol–water partition coefficient (Wildman–Crippen LogP) is 1.63. The van der Waals surface area contributed by atoms with E-state index in [-0.39, 0.29) is 5.92 Å². The molecule has 0 aromatic carbocycles. The Kier molecular flexibility index (Phi) is 3.17. The molecule has 5 nitrogen and oxygen atoms in total. The third-order valence-electron chi connectivity index (χ3n) is 4.56. The van der Waals surface area contributed by atoms with Gasteiger partial charge in [-0.3, -0.25) is 9.78 Å². The van der Waals surface area contributed by atoms with Crippen LogP contribution in [0.2, 0.25) is 0 Å². The number of pyridine rings is 1. The van der Waals surface area contributed by atoms with Crippen LogP contribution < -0.4 is 4.90 Å². The maximum absolute atomic E-state index is 11.8. The van der Waals surface area contributed by atoms with Gasteiger partial charge in [0.15, 0.2) is 0 Å². The average Bonchev–Trinajstić information content (AvgIpc) is 2.78. The van der Waals surface area contributed by atoms with E-state index in [2.05, 4.69) is 9.88 Å². The monoisotopic (exact) mass is 276 g/mol. The molecule has 2 fully saturated rings. The van der Waals surface area contributed by atoms with Gasteiger partial charge in [-0.05, 0) is 32.4 Å². The molecular formula is C15H20N2O3. The van der Waals surface area contributed by atoms with Crippen molar-refractivity contribution in [1.29, 1.82) is 0 Å². The zero-order valence-corrected chi connectivity index (χ0v) is 11.9. The van der Waals surface area contributed by atoms with Crippen LogP contribution in [0.5, 0.6) is 0 Å². The summed E-state index contributed by atoms with van der Waals surface area (Å²) in [4.78, 5) is 18.3. The lowest BCUT2D eigenvalue weighted by Crippen LogP contribution is -2.44. The number of nitrogens with zero attached hydrogens (tertiary/aromatic N) is 2. The Morgan fingerprint density at radius 2 is 2.15 bits per heavy atom. The first-order valence-corrected chi connectivity index (χ1v) is 7.03. The first kappa shape index (κ1) is 13.4. The minimum Gasteiger partial charge on any atom is -0.481 e. The van der Waals surface area contributed by atoms with Gasteiger partial charge in [-0.1, -0.05) is 0 Å². The first-order valence-electron chi connectivity index (χ1n) is 7.03. The van der Waals surface area contributed by atoms with Gasteiger partial charge >= 0.3 is 5.97 Å². The SMILES string of the molecule is Cc1cc(N2C[C@@H]3COCC[C@]3(C(=O)O)C2)cc(C)n1. The van der Waals surface area contributed by atoms with Gasteiger partial charge in [0.2, 0.25) is 0 Å². The van der Waals surface area contributed by atoms with Gasteiger partial charge in [-0.15, -0.1) is 0 Å². The summed E-state index contributed by atoms with van der Waals surface area (Å²) < 4.78 is 5.49. The Morgan fingerprint density at radius 3 is 2.75 bits per heavy atom. The highest BCUT2D eigenvalue weighted by atomic mass is 16.5. The van der Waals surface area contributed by atoms with Crippen LogP contribution in [0, 0.1) is 25.2 Å². The number of aryl methyl sites for hydroxylation is 2. The molecule has 1 N–H and O–H groups in total. The summed E-state index contributed by atoms with van der Waals surface area (Å²) in [6, 6.07) is 4.06. The molecule has 2 aliphatic rings. The van der Waals surface area contributed by atoms with Crippen molar-refractivity contribution in [2.75, 3.05) is 31.2 Å². The minimum atomic E-state index is -0.684. The number of aliphatic carboxylic acids is 1. The molecule has 2 aliphatic heterocycles. The number of carboxylic acids is 1. The molecule has 2 atom stereocenters. The third-order valence-corrected chi connectivity index (χ3v) is 4.56. The largest absolute Gasteiger partial charge is 0.481 e. The molecule has 5 heteroatoms.